The van der Waals surface area contributed by atoms with Crippen LogP contribution in [-0.2, 0) is 6.42 Å². The standard InChI is InChI=1S/C15H14F2O/c1-10-8-12(16)7-6-11(10)9-15(18)13-4-2-3-5-14(13)17/h2-8,15,18H,9H2,1H3. The summed E-state index contributed by atoms with van der Waals surface area (Å²) in [4.78, 5) is 0. The molecular formula is C15H14F2O. The molecule has 0 heterocycles. The van der Waals surface area contributed by atoms with Crippen molar-refractivity contribution in [3.05, 3.63) is 70.8 Å². The van der Waals surface area contributed by atoms with Gasteiger partial charge in [-0.1, -0.05) is 24.3 Å². The summed E-state index contributed by atoms with van der Waals surface area (Å²) in [5.41, 5.74) is 1.83. The van der Waals surface area contributed by atoms with Crippen LogP contribution < -0.4 is 0 Å². The van der Waals surface area contributed by atoms with Crippen molar-refractivity contribution < 1.29 is 13.9 Å². The summed E-state index contributed by atoms with van der Waals surface area (Å²) < 4.78 is 26.4. The van der Waals surface area contributed by atoms with E-state index in [0.717, 1.165) is 11.1 Å². The van der Waals surface area contributed by atoms with Crippen LogP contribution in [0.15, 0.2) is 42.5 Å². The molecule has 0 saturated carbocycles. The van der Waals surface area contributed by atoms with Crippen LogP contribution >= 0.6 is 0 Å². The van der Waals surface area contributed by atoms with Crippen LogP contribution in [0, 0.1) is 18.6 Å². The number of halogens is 2. The SMILES string of the molecule is Cc1cc(F)ccc1CC(O)c1ccccc1F. The Hall–Kier alpha value is -1.74. The lowest BCUT2D eigenvalue weighted by molar-refractivity contribution is 0.173. The van der Waals surface area contributed by atoms with Gasteiger partial charge in [0, 0.05) is 12.0 Å². The normalized spacial score (nSPS) is 12.4. The minimum Gasteiger partial charge on any atom is -0.388 e. The summed E-state index contributed by atoms with van der Waals surface area (Å²) in [6.45, 7) is 1.77. The first-order valence-corrected chi connectivity index (χ1v) is 5.75. The first-order chi connectivity index (χ1) is 8.58. The van der Waals surface area contributed by atoms with E-state index in [0.29, 0.717) is 0 Å². The summed E-state index contributed by atoms with van der Waals surface area (Å²) in [5.74, 6) is -0.735. The number of hydrogen-bond donors (Lipinski definition) is 1. The molecule has 0 fully saturated rings. The Kier molecular flexibility index (Phi) is 3.72. The molecule has 18 heavy (non-hydrogen) atoms. The Morgan fingerprint density at radius 1 is 1.11 bits per heavy atom. The van der Waals surface area contributed by atoms with E-state index in [2.05, 4.69) is 0 Å². The lowest BCUT2D eigenvalue weighted by Crippen LogP contribution is -2.05. The van der Waals surface area contributed by atoms with E-state index >= 15 is 0 Å². The lowest BCUT2D eigenvalue weighted by atomic mass is 9.98. The smallest absolute Gasteiger partial charge is 0.129 e. The average Bonchev–Trinajstić information content (AvgIpc) is 2.33. The molecule has 94 valence electrons. The number of hydrogen-bond acceptors (Lipinski definition) is 1. The maximum Gasteiger partial charge on any atom is 0.129 e. The van der Waals surface area contributed by atoms with E-state index in [1.54, 1.807) is 31.2 Å². The van der Waals surface area contributed by atoms with Crippen LogP contribution in [-0.4, -0.2) is 5.11 Å². The van der Waals surface area contributed by atoms with Crippen molar-refractivity contribution in [2.45, 2.75) is 19.4 Å². The molecule has 0 aliphatic carbocycles. The monoisotopic (exact) mass is 248 g/mol. The summed E-state index contributed by atoms with van der Waals surface area (Å²) in [5, 5.41) is 10.0. The molecule has 0 radical (unpaired) electrons. The molecule has 0 spiro atoms. The molecule has 0 aliphatic rings. The second-order valence-corrected chi connectivity index (χ2v) is 4.31. The molecule has 2 aromatic carbocycles. The molecule has 0 bridgehead atoms. The van der Waals surface area contributed by atoms with Gasteiger partial charge in [-0.2, -0.15) is 0 Å². The second kappa shape index (κ2) is 5.27. The number of benzene rings is 2. The van der Waals surface area contributed by atoms with Crippen LogP contribution in [0.3, 0.4) is 0 Å². The molecule has 2 rings (SSSR count). The van der Waals surface area contributed by atoms with Gasteiger partial charge in [0.25, 0.3) is 0 Å². The van der Waals surface area contributed by atoms with Crippen molar-refractivity contribution in [2.24, 2.45) is 0 Å². The van der Waals surface area contributed by atoms with Gasteiger partial charge in [0.1, 0.15) is 11.6 Å². The largest absolute Gasteiger partial charge is 0.388 e. The van der Waals surface area contributed by atoms with Gasteiger partial charge in [-0.15, -0.1) is 0 Å². The molecule has 0 aliphatic heterocycles. The number of aliphatic hydroxyl groups is 1. The van der Waals surface area contributed by atoms with Crippen molar-refractivity contribution in [3.8, 4) is 0 Å². The minimum absolute atomic E-state index is 0.265. The van der Waals surface area contributed by atoms with Crippen molar-refractivity contribution in [2.75, 3.05) is 0 Å². The highest BCUT2D eigenvalue weighted by molar-refractivity contribution is 5.29. The summed E-state index contributed by atoms with van der Waals surface area (Å²) in [6.07, 6.45) is -0.650. The fourth-order valence-electron chi connectivity index (χ4n) is 1.95. The molecule has 1 unspecified atom stereocenters. The second-order valence-electron chi connectivity index (χ2n) is 4.31. The maximum absolute atomic E-state index is 13.5. The van der Waals surface area contributed by atoms with Gasteiger partial charge in [0.05, 0.1) is 6.10 Å². The lowest BCUT2D eigenvalue weighted by Gasteiger charge is -2.13. The van der Waals surface area contributed by atoms with Crippen LogP contribution in [0.2, 0.25) is 0 Å². The topological polar surface area (TPSA) is 20.2 Å². The van der Waals surface area contributed by atoms with Crippen LogP contribution in [0.25, 0.3) is 0 Å². The Morgan fingerprint density at radius 2 is 1.83 bits per heavy atom. The molecule has 0 saturated heterocycles. The molecule has 1 atom stereocenters. The zero-order chi connectivity index (χ0) is 13.1. The van der Waals surface area contributed by atoms with Crippen LogP contribution in [0.5, 0.6) is 0 Å². The highest BCUT2D eigenvalue weighted by atomic mass is 19.1. The average molecular weight is 248 g/mol. The molecule has 0 aromatic heterocycles. The van der Waals surface area contributed by atoms with Crippen molar-refractivity contribution in [1.29, 1.82) is 0 Å². The van der Waals surface area contributed by atoms with E-state index in [1.807, 2.05) is 0 Å². The van der Waals surface area contributed by atoms with Gasteiger partial charge < -0.3 is 5.11 Å². The van der Waals surface area contributed by atoms with E-state index < -0.39 is 11.9 Å². The molecular weight excluding hydrogens is 234 g/mol. The number of aliphatic hydroxyl groups excluding tert-OH is 1. The highest BCUT2D eigenvalue weighted by Crippen LogP contribution is 2.22. The van der Waals surface area contributed by atoms with Crippen molar-refractivity contribution in [3.63, 3.8) is 0 Å². The van der Waals surface area contributed by atoms with Gasteiger partial charge in [-0.25, -0.2) is 8.78 Å². The zero-order valence-electron chi connectivity index (χ0n) is 10.0. The van der Waals surface area contributed by atoms with Gasteiger partial charge in [-0.3, -0.25) is 0 Å². The van der Waals surface area contributed by atoms with Crippen LogP contribution in [0.4, 0.5) is 8.78 Å². The first-order valence-electron chi connectivity index (χ1n) is 5.75. The van der Waals surface area contributed by atoms with Crippen molar-refractivity contribution >= 4 is 0 Å². The maximum atomic E-state index is 13.5. The van der Waals surface area contributed by atoms with E-state index in [4.69, 9.17) is 0 Å². The Balaban J connectivity index is 2.21. The third kappa shape index (κ3) is 2.74. The highest BCUT2D eigenvalue weighted by Gasteiger charge is 2.14. The molecule has 1 N–H and O–H groups in total. The van der Waals surface area contributed by atoms with Gasteiger partial charge in [0.2, 0.25) is 0 Å². The quantitative estimate of drug-likeness (QED) is 0.880. The number of rotatable bonds is 3. The predicted octanol–water partition coefficient (Wildman–Crippen LogP) is 3.55. The molecule has 0 amide bonds. The third-order valence-electron chi connectivity index (χ3n) is 2.98. The van der Waals surface area contributed by atoms with E-state index in [9.17, 15) is 13.9 Å². The van der Waals surface area contributed by atoms with Crippen molar-refractivity contribution in [1.82, 2.24) is 0 Å². The van der Waals surface area contributed by atoms with Crippen LogP contribution in [0.1, 0.15) is 22.8 Å². The fourth-order valence-corrected chi connectivity index (χ4v) is 1.95. The van der Waals surface area contributed by atoms with Gasteiger partial charge in [0.15, 0.2) is 0 Å². The fraction of sp³-hybridized carbons (Fsp3) is 0.200. The zero-order valence-corrected chi connectivity index (χ0v) is 10.0. The Bertz CT molecular complexity index is 552. The Morgan fingerprint density at radius 3 is 2.50 bits per heavy atom. The molecule has 1 nitrogen and oxygen atoms in total. The van der Waals surface area contributed by atoms with Gasteiger partial charge in [-0.05, 0) is 36.2 Å². The van der Waals surface area contributed by atoms with E-state index in [1.165, 1.54) is 18.2 Å². The summed E-state index contributed by atoms with van der Waals surface area (Å²) in [7, 11) is 0. The minimum atomic E-state index is -0.921. The molecule has 3 heteroatoms. The van der Waals surface area contributed by atoms with E-state index in [-0.39, 0.29) is 17.8 Å². The first kappa shape index (κ1) is 12.7. The summed E-state index contributed by atoms with van der Waals surface area (Å²) >= 11 is 0. The van der Waals surface area contributed by atoms with Gasteiger partial charge >= 0.3 is 0 Å². The third-order valence-corrected chi connectivity index (χ3v) is 2.98. The predicted molar refractivity (Wildman–Crippen MR) is 66.2 cm³/mol. The summed E-state index contributed by atoms with van der Waals surface area (Å²) in [6, 6.07) is 10.5. The Labute approximate surface area is 105 Å². The number of aryl methyl sites for hydroxylation is 1. The molecule has 2 aromatic rings.